The molecule has 1 heterocycles. The highest BCUT2D eigenvalue weighted by Crippen LogP contribution is 2.20. The highest BCUT2D eigenvalue weighted by atomic mass is 35.7. The van der Waals surface area contributed by atoms with E-state index in [2.05, 4.69) is 0 Å². The second-order valence-corrected chi connectivity index (χ2v) is 7.38. The number of benzene rings is 1. The van der Waals surface area contributed by atoms with Crippen LogP contribution in [0.4, 0.5) is 0 Å². The predicted octanol–water partition coefficient (Wildman–Crippen LogP) is 2.17. The first-order chi connectivity index (χ1) is 9.79. The minimum Gasteiger partial charge on any atom is -0.343 e. The molecule has 0 atom stereocenters. The molecule has 0 fully saturated rings. The summed E-state index contributed by atoms with van der Waals surface area (Å²) in [5, 5.41) is 0. The predicted molar refractivity (Wildman–Crippen MR) is 81.0 cm³/mol. The van der Waals surface area contributed by atoms with Gasteiger partial charge in [-0.1, -0.05) is 30.3 Å². The molecular formula is C14H15ClN2O3S. The van der Waals surface area contributed by atoms with Gasteiger partial charge in [0.2, 0.25) is 0 Å². The number of hydrogen-bond donors (Lipinski definition) is 0. The normalized spacial score (nSPS) is 11.4. The first kappa shape index (κ1) is 15.6. The Morgan fingerprint density at radius 1 is 1.24 bits per heavy atom. The van der Waals surface area contributed by atoms with Crippen molar-refractivity contribution in [1.82, 2.24) is 9.47 Å². The Bertz CT molecular complexity index is 752. The third-order valence-corrected chi connectivity index (χ3v) is 4.29. The van der Waals surface area contributed by atoms with E-state index in [1.54, 1.807) is 18.7 Å². The molecule has 0 aliphatic carbocycles. The van der Waals surface area contributed by atoms with Crippen LogP contribution in [0.25, 0.3) is 0 Å². The lowest BCUT2D eigenvalue weighted by molar-refractivity contribution is 0.0817. The fourth-order valence-corrected chi connectivity index (χ4v) is 2.69. The molecule has 0 aliphatic heterocycles. The molecule has 0 N–H and O–H groups in total. The second kappa shape index (κ2) is 5.91. The van der Waals surface area contributed by atoms with E-state index in [-0.39, 0.29) is 16.5 Å². The van der Waals surface area contributed by atoms with Crippen molar-refractivity contribution in [3.05, 3.63) is 53.9 Å². The van der Waals surface area contributed by atoms with Gasteiger partial charge < -0.3 is 9.47 Å². The zero-order chi connectivity index (χ0) is 15.6. The Kier molecular flexibility index (Phi) is 4.39. The van der Waals surface area contributed by atoms with Crippen LogP contribution in [0.1, 0.15) is 16.1 Å². The maximum Gasteiger partial charge on any atom is 0.270 e. The van der Waals surface area contributed by atoms with Gasteiger partial charge in [0.25, 0.3) is 15.0 Å². The van der Waals surface area contributed by atoms with Crippen molar-refractivity contribution >= 4 is 25.6 Å². The molecule has 2 rings (SSSR count). The molecule has 2 aromatic rings. The van der Waals surface area contributed by atoms with Crippen molar-refractivity contribution in [2.45, 2.75) is 11.4 Å². The van der Waals surface area contributed by atoms with Crippen molar-refractivity contribution in [2.24, 2.45) is 0 Å². The molecule has 0 unspecified atom stereocenters. The Labute approximate surface area is 128 Å². The van der Waals surface area contributed by atoms with Gasteiger partial charge in [0, 0.05) is 37.5 Å². The molecule has 112 valence electrons. The summed E-state index contributed by atoms with van der Waals surface area (Å²) in [6.07, 6.45) is 1.38. The third-order valence-electron chi connectivity index (χ3n) is 2.97. The van der Waals surface area contributed by atoms with Gasteiger partial charge in [-0.25, -0.2) is 8.42 Å². The lowest BCUT2D eigenvalue weighted by atomic mass is 10.2. The van der Waals surface area contributed by atoms with E-state index in [1.165, 1.54) is 17.2 Å². The van der Waals surface area contributed by atoms with Crippen LogP contribution in [-0.2, 0) is 15.6 Å². The summed E-state index contributed by atoms with van der Waals surface area (Å²) in [6, 6.07) is 10.8. The molecule has 21 heavy (non-hydrogen) atoms. The van der Waals surface area contributed by atoms with Crippen LogP contribution >= 0.6 is 10.7 Å². The van der Waals surface area contributed by atoms with Crippen LogP contribution in [0.5, 0.6) is 0 Å². The third kappa shape index (κ3) is 3.65. The maximum atomic E-state index is 12.2. The molecule has 1 amide bonds. The van der Waals surface area contributed by atoms with E-state index < -0.39 is 9.05 Å². The standard InChI is InChI=1S/C14H15ClN2O3S/c1-16(2)14(18)13-8-12(21(15,19)20)10-17(13)9-11-6-4-3-5-7-11/h3-8,10H,9H2,1-2H3. The number of hydrogen-bond acceptors (Lipinski definition) is 3. The van der Waals surface area contributed by atoms with E-state index in [9.17, 15) is 13.2 Å². The van der Waals surface area contributed by atoms with Crippen LogP contribution < -0.4 is 0 Å². The first-order valence-corrected chi connectivity index (χ1v) is 8.50. The number of carbonyl (C=O) groups excluding carboxylic acids is 1. The number of aromatic nitrogens is 1. The van der Waals surface area contributed by atoms with Gasteiger partial charge in [0.15, 0.2) is 0 Å². The molecule has 1 aromatic heterocycles. The van der Waals surface area contributed by atoms with Gasteiger partial charge >= 0.3 is 0 Å². The zero-order valence-electron chi connectivity index (χ0n) is 11.7. The summed E-state index contributed by atoms with van der Waals surface area (Å²) >= 11 is 0. The summed E-state index contributed by atoms with van der Waals surface area (Å²) in [5.74, 6) is -0.280. The van der Waals surface area contributed by atoms with Crippen LogP contribution in [0, 0.1) is 0 Å². The SMILES string of the molecule is CN(C)C(=O)c1cc(S(=O)(=O)Cl)cn1Cc1ccccc1. The summed E-state index contributed by atoms with van der Waals surface area (Å²) in [6.45, 7) is 0.391. The molecule has 0 bridgehead atoms. The Morgan fingerprint density at radius 2 is 1.86 bits per heavy atom. The fraction of sp³-hybridized carbons (Fsp3) is 0.214. The van der Waals surface area contributed by atoms with E-state index in [0.29, 0.717) is 6.54 Å². The van der Waals surface area contributed by atoms with Crippen molar-refractivity contribution in [3.8, 4) is 0 Å². The summed E-state index contributed by atoms with van der Waals surface area (Å²) in [5.41, 5.74) is 1.24. The molecule has 7 heteroatoms. The van der Waals surface area contributed by atoms with Crippen LogP contribution in [0.15, 0.2) is 47.5 Å². The highest BCUT2D eigenvalue weighted by molar-refractivity contribution is 8.13. The number of amides is 1. The van der Waals surface area contributed by atoms with Crippen molar-refractivity contribution in [1.29, 1.82) is 0 Å². The largest absolute Gasteiger partial charge is 0.343 e. The molecular weight excluding hydrogens is 312 g/mol. The number of halogens is 1. The van der Waals surface area contributed by atoms with Gasteiger partial charge in [0.05, 0.1) is 0 Å². The Morgan fingerprint density at radius 3 is 2.38 bits per heavy atom. The van der Waals surface area contributed by atoms with Gasteiger partial charge in [-0.2, -0.15) is 0 Å². The highest BCUT2D eigenvalue weighted by Gasteiger charge is 2.21. The van der Waals surface area contributed by atoms with E-state index in [1.807, 2.05) is 30.3 Å². The van der Waals surface area contributed by atoms with Gasteiger partial charge in [-0.05, 0) is 11.6 Å². The van der Waals surface area contributed by atoms with Crippen LogP contribution in [-0.4, -0.2) is 37.9 Å². The average Bonchev–Trinajstić information content (AvgIpc) is 2.82. The van der Waals surface area contributed by atoms with Crippen molar-refractivity contribution < 1.29 is 13.2 Å². The van der Waals surface area contributed by atoms with Crippen molar-refractivity contribution in [2.75, 3.05) is 14.1 Å². The molecule has 0 radical (unpaired) electrons. The summed E-state index contributed by atoms with van der Waals surface area (Å²) in [4.78, 5) is 13.5. The molecule has 0 saturated carbocycles. The second-order valence-electron chi connectivity index (χ2n) is 4.81. The van der Waals surface area contributed by atoms with Gasteiger partial charge in [-0.15, -0.1) is 0 Å². The maximum absolute atomic E-state index is 12.2. The Hall–Kier alpha value is -1.79. The zero-order valence-corrected chi connectivity index (χ0v) is 13.2. The topological polar surface area (TPSA) is 59.4 Å². The van der Waals surface area contributed by atoms with E-state index in [0.717, 1.165) is 5.56 Å². The fourth-order valence-electron chi connectivity index (χ4n) is 1.94. The monoisotopic (exact) mass is 326 g/mol. The molecule has 0 saturated heterocycles. The van der Waals surface area contributed by atoms with E-state index in [4.69, 9.17) is 10.7 Å². The summed E-state index contributed by atoms with van der Waals surface area (Å²) in [7, 11) is 4.71. The van der Waals surface area contributed by atoms with Crippen LogP contribution in [0.2, 0.25) is 0 Å². The minimum atomic E-state index is -3.88. The smallest absolute Gasteiger partial charge is 0.270 e. The lowest BCUT2D eigenvalue weighted by Gasteiger charge is -2.13. The van der Waals surface area contributed by atoms with Gasteiger partial charge in [-0.3, -0.25) is 4.79 Å². The molecule has 1 aromatic carbocycles. The van der Waals surface area contributed by atoms with Crippen molar-refractivity contribution in [3.63, 3.8) is 0 Å². The molecule has 0 aliphatic rings. The average molecular weight is 327 g/mol. The van der Waals surface area contributed by atoms with E-state index >= 15 is 0 Å². The van der Waals surface area contributed by atoms with Gasteiger partial charge in [0.1, 0.15) is 10.6 Å². The summed E-state index contributed by atoms with van der Waals surface area (Å²) < 4.78 is 24.5. The van der Waals surface area contributed by atoms with Crippen LogP contribution in [0.3, 0.4) is 0 Å². The first-order valence-electron chi connectivity index (χ1n) is 6.19. The number of rotatable bonds is 4. The minimum absolute atomic E-state index is 0.0784. The molecule has 5 nitrogen and oxygen atoms in total. The lowest BCUT2D eigenvalue weighted by Crippen LogP contribution is -2.24. The molecule has 0 spiro atoms. The quantitative estimate of drug-likeness (QED) is 0.809. The Balaban J connectivity index is 2.47. The number of nitrogens with zero attached hydrogens (tertiary/aromatic N) is 2. The number of carbonyl (C=O) groups is 1.